The van der Waals surface area contributed by atoms with Gasteiger partial charge in [-0.2, -0.15) is 5.26 Å². The summed E-state index contributed by atoms with van der Waals surface area (Å²) in [6.45, 7) is 0. The zero-order valence-corrected chi connectivity index (χ0v) is 11.0. The van der Waals surface area contributed by atoms with Crippen molar-refractivity contribution < 1.29 is 17.2 Å². The zero-order valence-electron chi connectivity index (χ0n) is 10.2. The molecule has 0 fully saturated rings. The number of benzene rings is 2. The summed E-state index contributed by atoms with van der Waals surface area (Å²) in [5, 5.41) is 8.89. The Hall–Kier alpha value is -2.26. The highest BCUT2D eigenvalue weighted by Gasteiger charge is 2.18. The topological polar surface area (TPSA) is 57.9 Å². The van der Waals surface area contributed by atoms with Crippen LogP contribution in [0.25, 0.3) is 0 Å². The van der Waals surface area contributed by atoms with Gasteiger partial charge in [-0.25, -0.2) is 17.2 Å². The summed E-state index contributed by atoms with van der Waals surface area (Å²) in [5.41, 5.74) is 0.128. The molecule has 0 heterocycles. The Morgan fingerprint density at radius 1 is 1.05 bits per heavy atom. The summed E-state index contributed by atoms with van der Waals surface area (Å²) >= 11 is 0. The molecule has 102 valence electrons. The highest BCUT2D eigenvalue weighted by atomic mass is 32.2. The lowest BCUT2D eigenvalue weighted by Crippen LogP contribution is -2.07. The van der Waals surface area contributed by atoms with E-state index in [0.29, 0.717) is 0 Å². The van der Waals surface area contributed by atoms with Crippen LogP contribution < -0.4 is 0 Å². The van der Waals surface area contributed by atoms with Crippen molar-refractivity contribution in [2.75, 3.05) is 0 Å². The number of nitrogens with zero attached hydrogens (tertiary/aromatic N) is 1. The second-order valence-corrected chi connectivity index (χ2v) is 6.12. The predicted molar refractivity (Wildman–Crippen MR) is 68.4 cm³/mol. The molecule has 2 aromatic rings. The second-order valence-electron chi connectivity index (χ2n) is 4.13. The Morgan fingerprint density at radius 3 is 2.40 bits per heavy atom. The van der Waals surface area contributed by atoms with E-state index in [1.54, 1.807) is 6.07 Å². The molecule has 0 saturated carbocycles. The van der Waals surface area contributed by atoms with Crippen molar-refractivity contribution in [2.45, 2.75) is 10.6 Å². The van der Waals surface area contributed by atoms with Crippen LogP contribution in [0.3, 0.4) is 0 Å². The van der Waals surface area contributed by atoms with Gasteiger partial charge >= 0.3 is 0 Å². The van der Waals surface area contributed by atoms with Crippen LogP contribution in [0.1, 0.15) is 11.1 Å². The second kappa shape index (κ2) is 5.39. The maximum atomic E-state index is 13.2. The maximum absolute atomic E-state index is 13.2. The van der Waals surface area contributed by atoms with Crippen molar-refractivity contribution in [3.05, 3.63) is 65.2 Å². The largest absolute Gasteiger partial charge is 0.223 e. The van der Waals surface area contributed by atoms with Crippen LogP contribution in [-0.4, -0.2) is 8.42 Å². The smallest absolute Gasteiger partial charge is 0.182 e. The van der Waals surface area contributed by atoms with Gasteiger partial charge in [-0.1, -0.05) is 6.07 Å². The first kappa shape index (κ1) is 14.2. The van der Waals surface area contributed by atoms with Crippen molar-refractivity contribution >= 4 is 9.84 Å². The van der Waals surface area contributed by atoms with E-state index in [0.717, 1.165) is 24.3 Å². The van der Waals surface area contributed by atoms with Gasteiger partial charge in [0, 0.05) is 0 Å². The molecule has 3 nitrogen and oxygen atoms in total. The lowest BCUT2D eigenvalue weighted by atomic mass is 10.1. The predicted octanol–water partition coefficient (Wildman–Crippen LogP) is 2.81. The molecule has 0 bridgehead atoms. The Morgan fingerprint density at radius 2 is 1.75 bits per heavy atom. The number of rotatable bonds is 3. The SMILES string of the molecule is N#Cc1ccc(F)cc1CS(=O)(=O)c1cccc(F)c1. The third-order valence-corrected chi connectivity index (χ3v) is 4.35. The quantitative estimate of drug-likeness (QED) is 0.874. The molecule has 0 aliphatic carbocycles. The van der Waals surface area contributed by atoms with E-state index >= 15 is 0 Å². The minimum absolute atomic E-state index is 0.0526. The molecular weight excluding hydrogens is 284 g/mol. The fraction of sp³-hybridized carbons (Fsp3) is 0.0714. The normalized spacial score (nSPS) is 11.1. The first-order valence-electron chi connectivity index (χ1n) is 5.59. The van der Waals surface area contributed by atoms with E-state index in [1.165, 1.54) is 18.2 Å². The third kappa shape index (κ3) is 3.00. The molecular formula is C14H9F2NO2S. The third-order valence-electron chi connectivity index (χ3n) is 2.69. The highest BCUT2D eigenvalue weighted by molar-refractivity contribution is 7.90. The van der Waals surface area contributed by atoms with Crippen LogP contribution in [0.2, 0.25) is 0 Å². The van der Waals surface area contributed by atoms with Gasteiger partial charge in [0.15, 0.2) is 9.84 Å². The van der Waals surface area contributed by atoms with Crippen LogP contribution >= 0.6 is 0 Å². The summed E-state index contributed by atoms with van der Waals surface area (Å²) in [6.07, 6.45) is 0. The molecule has 0 aliphatic rings. The standard InChI is InChI=1S/C14H9F2NO2S/c15-12-2-1-3-14(7-12)20(18,19)9-11-6-13(16)5-4-10(11)8-17/h1-7H,9H2. The fourth-order valence-electron chi connectivity index (χ4n) is 1.74. The van der Waals surface area contributed by atoms with Crippen LogP contribution in [-0.2, 0) is 15.6 Å². The number of nitriles is 1. The molecule has 2 rings (SSSR count). The molecule has 0 radical (unpaired) electrons. The number of hydrogen-bond donors (Lipinski definition) is 0. The molecule has 0 amide bonds. The molecule has 2 aromatic carbocycles. The highest BCUT2D eigenvalue weighted by Crippen LogP contribution is 2.20. The first-order chi connectivity index (χ1) is 9.42. The molecule has 20 heavy (non-hydrogen) atoms. The average Bonchev–Trinajstić information content (AvgIpc) is 2.38. The van der Waals surface area contributed by atoms with Gasteiger partial charge in [0.05, 0.1) is 22.3 Å². The van der Waals surface area contributed by atoms with E-state index in [9.17, 15) is 17.2 Å². The van der Waals surface area contributed by atoms with Crippen molar-refractivity contribution in [3.8, 4) is 6.07 Å². The van der Waals surface area contributed by atoms with Crippen molar-refractivity contribution in [3.63, 3.8) is 0 Å². The molecule has 0 atom stereocenters. The maximum Gasteiger partial charge on any atom is 0.182 e. The van der Waals surface area contributed by atoms with E-state index in [1.807, 2.05) is 0 Å². The Kier molecular flexibility index (Phi) is 3.81. The summed E-state index contributed by atoms with van der Waals surface area (Å²) in [4.78, 5) is -0.203. The van der Waals surface area contributed by atoms with Crippen LogP contribution in [0.5, 0.6) is 0 Å². The van der Waals surface area contributed by atoms with Gasteiger partial charge < -0.3 is 0 Å². The summed E-state index contributed by atoms with van der Waals surface area (Å²) < 4.78 is 50.5. The van der Waals surface area contributed by atoms with Crippen molar-refractivity contribution in [1.82, 2.24) is 0 Å². The van der Waals surface area contributed by atoms with Gasteiger partial charge in [-0.3, -0.25) is 0 Å². The Bertz CT molecular complexity index is 795. The molecule has 0 unspecified atom stereocenters. The van der Waals surface area contributed by atoms with Crippen molar-refractivity contribution in [2.24, 2.45) is 0 Å². The van der Waals surface area contributed by atoms with E-state index < -0.39 is 27.2 Å². The lowest BCUT2D eigenvalue weighted by molar-refractivity contribution is 0.589. The van der Waals surface area contributed by atoms with E-state index in [4.69, 9.17) is 5.26 Å². The van der Waals surface area contributed by atoms with Gasteiger partial charge in [0.25, 0.3) is 0 Å². The summed E-state index contributed by atoms with van der Waals surface area (Å²) in [7, 11) is -3.84. The number of hydrogen-bond acceptors (Lipinski definition) is 3. The minimum Gasteiger partial charge on any atom is -0.223 e. The van der Waals surface area contributed by atoms with E-state index in [2.05, 4.69) is 0 Å². The monoisotopic (exact) mass is 293 g/mol. The van der Waals surface area contributed by atoms with Crippen LogP contribution in [0, 0.1) is 23.0 Å². The zero-order chi connectivity index (χ0) is 14.8. The van der Waals surface area contributed by atoms with Crippen molar-refractivity contribution in [1.29, 1.82) is 5.26 Å². The first-order valence-corrected chi connectivity index (χ1v) is 7.24. The number of halogens is 2. The fourth-order valence-corrected chi connectivity index (χ4v) is 3.13. The summed E-state index contributed by atoms with van der Waals surface area (Å²) in [5.74, 6) is -1.86. The average molecular weight is 293 g/mol. The summed E-state index contributed by atoms with van der Waals surface area (Å²) in [6, 6.07) is 9.64. The lowest BCUT2D eigenvalue weighted by Gasteiger charge is -2.06. The van der Waals surface area contributed by atoms with Crippen LogP contribution in [0.15, 0.2) is 47.4 Å². The number of sulfone groups is 1. The van der Waals surface area contributed by atoms with Gasteiger partial charge in [0.2, 0.25) is 0 Å². The molecule has 0 aliphatic heterocycles. The van der Waals surface area contributed by atoms with Gasteiger partial charge in [-0.15, -0.1) is 0 Å². The van der Waals surface area contributed by atoms with Gasteiger partial charge in [-0.05, 0) is 42.0 Å². The molecule has 0 N–H and O–H groups in total. The van der Waals surface area contributed by atoms with Gasteiger partial charge in [0.1, 0.15) is 11.6 Å². The van der Waals surface area contributed by atoms with Crippen LogP contribution in [0.4, 0.5) is 8.78 Å². The molecule has 0 saturated heterocycles. The minimum atomic E-state index is -3.84. The Balaban J connectivity index is 2.44. The molecule has 0 spiro atoms. The Labute approximate surface area is 115 Å². The molecule has 6 heteroatoms. The van der Waals surface area contributed by atoms with E-state index in [-0.39, 0.29) is 16.0 Å². The molecule has 0 aromatic heterocycles.